The number of carbonyl (C=O) groups excluding carboxylic acids is 3. The van der Waals surface area contributed by atoms with Crippen LogP contribution in [0, 0.1) is 0 Å². The number of imide groups is 1. The second-order valence-corrected chi connectivity index (χ2v) is 4.56. The first-order valence-electron chi connectivity index (χ1n) is 5.89. The van der Waals surface area contributed by atoms with Crippen molar-refractivity contribution in [3.05, 3.63) is 35.4 Å². The molecular formula is C13H12N2O3. The van der Waals surface area contributed by atoms with Gasteiger partial charge in [0.15, 0.2) is 0 Å². The van der Waals surface area contributed by atoms with E-state index in [4.69, 9.17) is 0 Å². The number of benzene rings is 1. The average Bonchev–Trinajstić information content (AvgIpc) is 2.68. The van der Waals surface area contributed by atoms with Gasteiger partial charge in [0, 0.05) is 18.5 Å². The molecule has 0 saturated carbocycles. The van der Waals surface area contributed by atoms with E-state index in [2.05, 4.69) is 5.32 Å². The van der Waals surface area contributed by atoms with Crippen molar-refractivity contribution < 1.29 is 14.4 Å². The maximum atomic E-state index is 12.2. The summed E-state index contributed by atoms with van der Waals surface area (Å²) < 4.78 is 0. The summed E-state index contributed by atoms with van der Waals surface area (Å²) in [6.07, 6.45) is 0.695. The first-order chi connectivity index (χ1) is 8.66. The van der Waals surface area contributed by atoms with Gasteiger partial charge in [0.05, 0.1) is 0 Å². The normalized spacial score (nSPS) is 23.0. The zero-order valence-electron chi connectivity index (χ0n) is 9.68. The number of nitrogens with one attached hydrogen (secondary N) is 1. The molecule has 0 aliphatic carbocycles. The van der Waals surface area contributed by atoms with E-state index in [0.29, 0.717) is 18.5 Å². The van der Waals surface area contributed by atoms with E-state index in [1.165, 1.54) is 0 Å². The SMILES string of the molecule is O=C1CC[C@@H](N2Cc3ccccc3C2=O)C(=O)N1. The van der Waals surface area contributed by atoms with Crippen LogP contribution in [0.3, 0.4) is 0 Å². The number of amides is 3. The Hall–Kier alpha value is -2.17. The van der Waals surface area contributed by atoms with Gasteiger partial charge >= 0.3 is 0 Å². The van der Waals surface area contributed by atoms with Crippen molar-refractivity contribution in [3.8, 4) is 0 Å². The van der Waals surface area contributed by atoms with Crippen molar-refractivity contribution in [2.45, 2.75) is 25.4 Å². The molecule has 0 aromatic heterocycles. The van der Waals surface area contributed by atoms with Crippen LogP contribution in [0.15, 0.2) is 24.3 Å². The van der Waals surface area contributed by atoms with Gasteiger partial charge < -0.3 is 4.90 Å². The summed E-state index contributed by atoms with van der Waals surface area (Å²) in [7, 11) is 0. The van der Waals surface area contributed by atoms with E-state index in [1.807, 2.05) is 18.2 Å². The van der Waals surface area contributed by atoms with E-state index in [9.17, 15) is 14.4 Å². The highest BCUT2D eigenvalue weighted by molar-refractivity contribution is 6.05. The van der Waals surface area contributed by atoms with Crippen LogP contribution in [0.1, 0.15) is 28.8 Å². The smallest absolute Gasteiger partial charge is 0.255 e. The number of hydrogen-bond acceptors (Lipinski definition) is 3. The lowest BCUT2D eigenvalue weighted by Crippen LogP contribution is -2.52. The predicted molar refractivity (Wildman–Crippen MR) is 62.5 cm³/mol. The van der Waals surface area contributed by atoms with Gasteiger partial charge in [0.2, 0.25) is 11.8 Å². The third kappa shape index (κ3) is 1.59. The minimum atomic E-state index is -0.525. The molecule has 0 radical (unpaired) electrons. The Kier molecular flexibility index (Phi) is 2.40. The summed E-state index contributed by atoms with van der Waals surface area (Å²) in [5.74, 6) is -0.757. The highest BCUT2D eigenvalue weighted by Crippen LogP contribution is 2.26. The summed E-state index contributed by atoms with van der Waals surface area (Å²) in [4.78, 5) is 36.6. The molecule has 1 saturated heterocycles. The highest BCUT2D eigenvalue weighted by atomic mass is 16.2. The van der Waals surface area contributed by atoms with Gasteiger partial charge in [-0.05, 0) is 18.1 Å². The summed E-state index contributed by atoms with van der Waals surface area (Å²) >= 11 is 0. The Morgan fingerprint density at radius 2 is 1.94 bits per heavy atom. The van der Waals surface area contributed by atoms with Gasteiger partial charge in [-0.1, -0.05) is 18.2 Å². The third-order valence-electron chi connectivity index (χ3n) is 3.44. The zero-order valence-corrected chi connectivity index (χ0v) is 9.68. The second kappa shape index (κ2) is 3.94. The van der Waals surface area contributed by atoms with Crippen molar-refractivity contribution in [3.63, 3.8) is 0 Å². The molecule has 18 heavy (non-hydrogen) atoms. The number of piperidine rings is 1. The molecule has 2 aliphatic heterocycles. The Morgan fingerprint density at radius 3 is 2.67 bits per heavy atom. The van der Waals surface area contributed by atoms with Crippen molar-refractivity contribution in [1.29, 1.82) is 0 Å². The Bertz CT molecular complexity index is 553. The second-order valence-electron chi connectivity index (χ2n) is 4.56. The fourth-order valence-electron chi connectivity index (χ4n) is 2.51. The minimum Gasteiger partial charge on any atom is -0.322 e. The van der Waals surface area contributed by atoms with Crippen LogP contribution in [0.25, 0.3) is 0 Å². The molecule has 3 amide bonds. The van der Waals surface area contributed by atoms with Gasteiger partial charge in [-0.15, -0.1) is 0 Å². The largest absolute Gasteiger partial charge is 0.322 e. The van der Waals surface area contributed by atoms with Crippen molar-refractivity contribution in [1.82, 2.24) is 10.2 Å². The maximum Gasteiger partial charge on any atom is 0.255 e. The highest BCUT2D eigenvalue weighted by Gasteiger charge is 2.38. The first kappa shape index (κ1) is 11.0. The standard InChI is InChI=1S/C13H12N2O3/c16-11-6-5-10(12(17)14-11)15-7-8-3-1-2-4-9(8)13(15)18/h1-4,10H,5-7H2,(H,14,16,17)/t10-/m1/s1. The number of carbonyl (C=O) groups is 3. The van der Waals surface area contributed by atoms with E-state index in [1.54, 1.807) is 11.0 Å². The number of rotatable bonds is 1. The lowest BCUT2D eigenvalue weighted by Gasteiger charge is -2.29. The molecule has 92 valence electrons. The molecule has 0 unspecified atom stereocenters. The fraction of sp³-hybridized carbons (Fsp3) is 0.308. The molecule has 1 aromatic carbocycles. The lowest BCUT2D eigenvalue weighted by atomic mass is 10.0. The van der Waals surface area contributed by atoms with Gasteiger partial charge in [0.25, 0.3) is 5.91 Å². The van der Waals surface area contributed by atoms with Crippen LogP contribution in [0.2, 0.25) is 0 Å². The third-order valence-corrected chi connectivity index (χ3v) is 3.44. The summed E-state index contributed by atoms with van der Waals surface area (Å²) in [6, 6.07) is 6.82. The first-order valence-corrected chi connectivity index (χ1v) is 5.89. The van der Waals surface area contributed by atoms with Gasteiger partial charge in [0.1, 0.15) is 6.04 Å². The van der Waals surface area contributed by atoms with Gasteiger partial charge in [-0.25, -0.2) is 0 Å². The molecule has 3 rings (SSSR count). The Balaban J connectivity index is 1.86. The van der Waals surface area contributed by atoms with E-state index in [0.717, 1.165) is 5.56 Å². The molecule has 1 fully saturated rings. The van der Waals surface area contributed by atoms with Crippen LogP contribution in [-0.2, 0) is 16.1 Å². The van der Waals surface area contributed by atoms with Crippen molar-refractivity contribution in [2.75, 3.05) is 0 Å². The molecule has 5 heteroatoms. The van der Waals surface area contributed by atoms with Crippen LogP contribution in [0.4, 0.5) is 0 Å². The summed E-state index contributed by atoms with van der Waals surface area (Å²) in [5, 5.41) is 2.28. The molecular weight excluding hydrogens is 232 g/mol. The van der Waals surface area contributed by atoms with E-state index in [-0.39, 0.29) is 24.1 Å². The van der Waals surface area contributed by atoms with E-state index >= 15 is 0 Å². The van der Waals surface area contributed by atoms with Gasteiger partial charge in [-0.2, -0.15) is 0 Å². The van der Waals surface area contributed by atoms with Crippen LogP contribution in [-0.4, -0.2) is 28.7 Å². The predicted octanol–water partition coefficient (Wildman–Crippen LogP) is 0.448. The Labute approximate surface area is 104 Å². The number of nitrogens with zero attached hydrogens (tertiary/aromatic N) is 1. The molecule has 1 aromatic rings. The summed E-state index contributed by atoms with van der Waals surface area (Å²) in [5.41, 5.74) is 1.59. The molecule has 1 N–H and O–H groups in total. The maximum absolute atomic E-state index is 12.2. The molecule has 2 heterocycles. The number of hydrogen-bond donors (Lipinski definition) is 1. The van der Waals surface area contributed by atoms with Crippen molar-refractivity contribution >= 4 is 17.7 Å². The minimum absolute atomic E-state index is 0.125. The summed E-state index contributed by atoms with van der Waals surface area (Å²) in [6.45, 7) is 0.446. The topological polar surface area (TPSA) is 66.5 Å². The Morgan fingerprint density at radius 1 is 1.17 bits per heavy atom. The molecule has 2 aliphatic rings. The van der Waals surface area contributed by atoms with Crippen LogP contribution >= 0.6 is 0 Å². The molecule has 5 nitrogen and oxygen atoms in total. The quantitative estimate of drug-likeness (QED) is 0.729. The molecule has 0 bridgehead atoms. The monoisotopic (exact) mass is 244 g/mol. The van der Waals surface area contributed by atoms with Crippen LogP contribution < -0.4 is 5.32 Å². The van der Waals surface area contributed by atoms with Crippen LogP contribution in [0.5, 0.6) is 0 Å². The average molecular weight is 244 g/mol. The van der Waals surface area contributed by atoms with E-state index < -0.39 is 6.04 Å². The van der Waals surface area contributed by atoms with Crippen molar-refractivity contribution in [2.24, 2.45) is 0 Å². The molecule has 1 atom stereocenters. The van der Waals surface area contributed by atoms with Gasteiger partial charge in [-0.3, -0.25) is 19.7 Å². The molecule has 0 spiro atoms. The number of fused-ring (bicyclic) bond motifs is 1. The lowest BCUT2D eigenvalue weighted by molar-refractivity contribution is -0.136. The fourth-order valence-corrected chi connectivity index (χ4v) is 2.51. The zero-order chi connectivity index (χ0) is 12.7.